The summed E-state index contributed by atoms with van der Waals surface area (Å²) in [6.07, 6.45) is 0. The van der Waals surface area contributed by atoms with E-state index < -0.39 is 7.32 Å². The molecule has 0 aromatic carbocycles. The zero-order chi connectivity index (χ0) is 3.58. The van der Waals surface area contributed by atoms with E-state index in [2.05, 4.69) is 0 Å². The van der Waals surface area contributed by atoms with Crippen LogP contribution in [0.3, 0.4) is 0 Å². The van der Waals surface area contributed by atoms with Gasteiger partial charge in [-0.15, -0.1) is 0 Å². The molecule has 0 radical (unpaired) electrons. The molecule has 0 rings (SSSR count). The minimum atomic E-state index is -2.92. The third-order valence-corrected chi connectivity index (χ3v) is 0. The van der Waals surface area contributed by atoms with Crippen molar-refractivity contribution in [1.82, 2.24) is 0 Å². The molecule has 0 saturated carbocycles. The van der Waals surface area contributed by atoms with Crippen LogP contribution < -0.4 is 15.1 Å². The molecule has 0 saturated heterocycles. The van der Waals surface area contributed by atoms with E-state index in [-0.39, 0.29) is 32.7 Å². The zero-order valence-electron chi connectivity index (χ0n) is 2.38. The van der Waals surface area contributed by atoms with Crippen molar-refractivity contribution in [2.75, 3.05) is 0 Å². The minimum absolute atomic E-state index is 0. The topological polar surface area (TPSA) is 69.2 Å². The van der Waals surface area contributed by atoms with Gasteiger partial charge < -0.3 is 15.1 Å². The molecule has 0 aliphatic rings. The second kappa shape index (κ2) is 5.05. The molecule has 0 fully saturated rings. The molecule has 5 heavy (non-hydrogen) atoms. The van der Waals surface area contributed by atoms with Gasteiger partial charge in [0.05, 0.1) is 0 Å². The Labute approximate surface area is 55.1 Å². The fourth-order valence-electron chi connectivity index (χ4n) is 0. The molecule has 0 aliphatic heterocycles. The number of hydrogen-bond acceptors (Lipinski definition) is 3. The summed E-state index contributed by atoms with van der Waals surface area (Å²) >= 11 is 0. The fourth-order valence-corrected chi connectivity index (χ4v) is 0. The molecular weight excluding hydrogens is 148 g/mol. The predicted molar refractivity (Wildman–Crippen MR) is 5.75 cm³/mol. The van der Waals surface area contributed by atoms with Crippen LogP contribution in [0.5, 0.6) is 0 Å². The standard InChI is InChI=1S/BO3.Y/c2-1(3)4;/q-3;+3. The molecule has 24 valence electrons. The zero-order valence-corrected chi connectivity index (χ0v) is 5.22. The summed E-state index contributed by atoms with van der Waals surface area (Å²) in [5, 5.41) is 25.2. The van der Waals surface area contributed by atoms with Crippen LogP contribution in [0.2, 0.25) is 0 Å². The van der Waals surface area contributed by atoms with Crippen molar-refractivity contribution in [3.05, 3.63) is 0 Å². The molecule has 0 amide bonds. The Balaban J connectivity index is 0. The van der Waals surface area contributed by atoms with E-state index in [1.165, 1.54) is 0 Å². The Kier molecular flexibility index (Phi) is 9.50. The van der Waals surface area contributed by atoms with Crippen LogP contribution in [0.25, 0.3) is 0 Å². The fraction of sp³-hybridized carbons (Fsp3) is 0. The maximum absolute atomic E-state index is 8.42. The molecule has 5 heteroatoms. The Morgan fingerprint density at radius 1 is 1.00 bits per heavy atom. The minimum Gasteiger partial charge on any atom is -0.907 e. The average molecular weight is 148 g/mol. The molecule has 0 spiro atoms. The molecule has 0 heterocycles. The summed E-state index contributed by atoms with van der Waals surface area (Å²) < 4.78 is 0. The average Bonchev–Trinajstić information content (AvgIpc) is 0.811. The SMILES string of the molecule is [O-]B([O-])[O-].[Y+3]. The molecular formula is BO3Y. The normalized spacial score (nSPS) is 5.40. The first kappa shape index (κ1) is 9.41. The van der Waals surface area contributed by atoms with Crippen LogP contribution >= 0.6 is 0 Å². The van der Waals surface area contributed by atoms with E-state index in [1.54, 1.807) is 0 Å². The van der Waals surface area contributed by atoms with Crippen LogP contribution in [0.4, 0.5) is 0 Å². The Hall–Kier alpha value is 1.05. The molecule has 0 unspecified atom stereocenters. The predicted octanol–water partition coefficient (Wildman–Crippen LogP) is -3.95. The van der Waals surface area contributed by atoms with E-state index in [0.29, 0.717) is 0 Å². The van der Waals surface area contributed by atoms with Crippen LogP contribution in [0, 0.1) is 0 Å². The van der Waals surface area contributed by atoms with Gasteiger partial charge in [-0.25, -0.2) is 0 Å². The summed E-state index contributed by atoms with van der Waals surface area (Å²) in [4.78, 5) is 0. The van der Waals surface area contributed by atoms with Gasteiger partial charge in [0.1, 0.15) is 0 Å². The first-order valence-electron chi connectivity index (χ1n) is 0.707. The van der Waals surface area contributed by atoms with Gasteiger partial charge in [-0.05, 0) is 0 Å². The van der Waals surface area contributed by atoms with Gasteiger partial charge in [-0.3, -0.25) is 7.32 Å². The quantitative estimate of drug-likeness (QED) is 0.329. The van der Waals surface area contributed by atoms with Crippen molar-refractivity contribution in [2.45, 2.75) is 0 Å². The van der Waals surface area contributed by atoms with E-state index in [9.17, 15) is 0 Å². The number of rotatable bonds is 0. The number of hydrogen-bond donors (Lipinski definition) is 0. The van der Waals surface area contributed by atoms with Gasteiger partial charge in [0, 0.05) is 0 Å². The molecule has 0 atom stereocenters. The molecule has 0 N–H and O–H groups in total. The van der Waals surface area contributed by atoms with Gasteiger partial charge in [-0.1, -0.05) is 0 Å². The maximum atomic E-state index is 8.42. The van der Waals surface area contributed by atoms with Gasteiger partial charge in [0.25, 0.3) is 0 Å². The summed E-state index contributed by atoms with van der Waals surface area (Å²) in [5.74, 6) is 0. The Bertz CT molecular complexity index is 11.6. The summed E-state index contributed by atoms with van der Waals surface area (Å²) in [6, 6.07) is 0. The maximum Gasteiger partial charge on any atom is 3.00 e. The van der Waals surface area contributed by atoms with Crippen LogP contribution in [-0.2, 0) is 32.7 Å². The Morgan fingerprint density at radius 2 is 1.00 bits per heavy atom. The summed E-state index contributed by atoms with van der Waals surface area (Å²) in [6.45, 7) is 0. The third-order valence-electron chi connectivity index (χ3n) is 0. The smallest absolute Gasteiger partial charge is 0.907 e. The van der Waals surface area contributed by atoms with Gasteiger partial charge in [0.2, 0.25) is 0 Å². The molecule has 0 aromatic heterocycles. The van der Waals surface area contributed by atoms with Crippen molar-refractivity contribution in [1.29, 1.82) is 0 Å². The van der Waals surface area contributed by atoms with Crippen LogP contribution in [0.15, 0.2) is 0 Å². The van der Waals surface area contributed by atoms with Gasteiger partial charge in [0.15, 0.2) is 0 Å². The van der Waals surface area contributed by atoms with E-state index in [1.807, 2.05) is 0 Å². The van der Waals surface area contributed by atoms with Crippen molar-refractivity contribution in [2.24, 2.45) is 0 Å². The third kappa shape index (κ3) is 42.7. The molecule has 0 aromatic rings. The van der Waals surface area contributed by atoms with Crippen molar-refractivity contribution < 1.29 is 47.8 Å². The first-order valence-corrected chi connectivity index (χ1v) is 0.707. The summed E-state index contributed by atoms with van der Waals surface area (Å²) in [5.41, 5.74) is 0. The molecule has 3 nitrogen and oxygen atoms in total. The van der Waals surface area contributed by atoms with Crippen LogP contribution in [0.1, 0.15) is 0 Å². The molecule has 0 aliphatic carbocycles. The largest absolute Gasteiger partial charge is 3.00 e. The van der Waals surface area contributed by atoms with Gasteiger partial charge in [-0.2, -0.15) is 0 Å². The monoisotopic (exact) mass is 148 g/mol. The van der Waals surface area contributed by atoms with Crippen molar-refractivity contribution >= 4 is 7.32 Å². The van der Waals surface area contributed by atoms with Crippen LogP contribution in [-0.4, -0.2) is 7.32 Å². The first-order chi connectivity index (χ1) is 1.73. The van der Waals surface area contributed by atoms with Crippen molar-refractivity contribution in [3.63, 3.8) is 0 Å². The summed E-state index contributed by atoms with van der Waals surface area (Å²) in [7, 11) is -2.92. The van der Waals surface area contributed by atoms with Crippen molar-refractivity contribution in [3.8, 4) is 0 Å². The second-order valence-electron chi connectivity index (χ2n) is 0.289. The van der Waals surface area contributed by atoms with E-state index in [4.69, 9.17) is 15.1 Å². The second-order valence-corrected chi connectivity index (χ2v) is 0.289. The van der Waals surface area contributed by atoms with E-state index >= 15 is 0 Å². The Morgan fingerprint density at radius 3 is 1.00 bits per heavy atom. The molecule has 0 bridgehead atoms. The van der Waals surface area contributed by atoms with E-state index in [0.717, 1.165) is 0 Å². The van der Waals surface area contributed by atoms with Gasteiger partial charge >= 0.3 is 32.7 Å².